The Hall–Kier alpha value is -1.04. The summed E-state index contributed by atoms with van der Waals surface area (Å²) in [7, 11) is 0. The molecular formula is C10H15NO2. The lowest BCUT2D eigenvalue weighted by molar-refractivity contribution is -0.153. The van der Waals surface area contributed by atoms with Crippen molar-refractivity contribution in [3.05, 3.63) is 0 Å². The molecule has 0 aromatic carbocycles. The van der Waals surface area contributed by atoms with Gasteiger partial charge in [-0.05, 0) is 32.1 Å². The minimum atomic E-state index is -0.851. The largest absolute Gasteiger partial charge is 0.465 e. The molecular weight excluding hydrogens is 166 g/mol. The Morgan fingerprint density at radius 1 is 1.62 bits per heavy atom. The van der Waals surface area contributed by atoms with E-state index in [0.717, 1.165) is 12.8 Å². The molecule has 1 fully saturated rings. The zero-order chi connectivity index (χ0) is 9.90. The van der Waals surface area contributed by atoms with E-state index in [2.05, 4.69) is 6.07 Å². The predicted octanol–water partition coefficient (Wildman–Crippen LogP) is 1.88. The Bertz CT molecular complexity index is 240. The molecule has 0 aliphatic heterocycles. The van der Waals surface area contributed by atoms with Gasteiger partial charge in [0.15, 0.2) is 5.41 Å². The highest BCUT2D eigenvalue weighted by Gasteiger charge is 2.51. The van der Waals surface area contributed by atoms with Crippen LogP contribution in [0.25, 0.3) is 0 Å². The van der Waals surface area contributed by atoms with Crippen LogP contribution in [-0.2, 0) is 9.53 Å². The molecule has 1 unspecified atom stereocenters. The molecule has 1 aliphatic rings. The highest BCUT2D eigenvalue weighted by atomic mass is 16.5. The first-order valence-corrected chi connectivity index (χ1v) is 4.79. The second-order valence-electron chi connectivity index (χ2n) is 3.43. The molecule has 1 aliphatic carbocycles. The molecule has 3 heteroatoms. The van der Waals surface area contributed by atoms with Gasteiger partial charge in [-0.3, -0.25) is 4.79 Å². The minimum absolute atomic E-state index is 0.238. The summed E-state index contributed by atoms with van der Waals surface area (Å²) < 4.78 is 4.93. The van der Waals surface area contributed by atoms with Gasteiger partial charge in [-0.25, -0.2) is 0 Å². The zero-order valence-electron chi connectivity index (χ0n) is 8.17. The van der Waals surface area contributed by atoms with E-state index in [9.17, 15) is 4.79 Å². The number of esters is 1. The number of hydrogen-bond acceptors (Lipinski definition) is 3. The van der Waals surface area contributed by atoms with E-state index in [1.165, 1.54) is 0 Å². The highest BCUT2D eigenvalue weighted by molar-refractivity contribution is 5.80. The first-order chi connectivity index (χ1) is 6.21. The zero-order valence-corrected chi connectivity index (χ0v) is 8.17. The number of hydrogen-bond donors (Lipinski definition) is 0. The van der Waals surface area contributed by atoms with E-state index in [4.69, 9.17) is 10.00 Å². The molecule has 0 heterocycles. The number of nitriles is 1. The second-order valence-corrected chi connectivity index (χ2v) is 3.43. The summed E-state index contributed by atoms with van der Waals surface area (Å²) in [4.78, 5) is 11.6. The maximum atomic E-state index is 11.6. The van der Waals surface area contributed by atoms with Crippen LogP contribution >= 0.6 is 0 Å². The van der Waals surface area contributed by atoms with E-state index >= 15 is 0 Å². The molecule has 0 aromatic rings. The van der Waals surface area contributed by atoms with Crippen LogP contribution in [0, 0.1) is 22.7 Å². The normalized spacial score (nSPS) is 20.1. The lowest BCUT2D eigenvalue weighted by Crippen LogP contribution is -2.33. The van der Waals surface area contributed by atoms with E-state index in [1.807, 2.05) is 6.92 Å². The Morgan fingerprint density at radius 3 is 2.54 bits per heavy atom. The highest BCUT2D eigenvalue weighted by Crippen LogP contribution is 2.48. The molecule has 3 nitrogen and oxygen atoms in total. The predicted molar refractivity (Wildman–Crippen MR) is 47.7 cm³/mol. The lowest BCUT2D eigenvalue weighted by atomic mass is 9.81. The van der Waals surface area contributed by atoms with Crippen molar-refractivity contribution in [3.8, 4) is 6.07 Å². The Balaban J connectivity index is 2.77. The van der Waals surface area contributed by atoms with Crippen LogP contribution in [0.5, 0.6) is 0 Å². The molecule has 0 bridgehead atoms. The number of nitrogens with zero attached hydrogens (tertiary/aromatic N) is 1. The smallest absolute Gasteiger partial charge is 0.326 e. The van der Waals surface area contributed by atoms with Crippen molar-refractivity contribution in [2.45, 2.75) is 33.1 Å². The molecule has 0 radical (unpaired) electrons. The Labute approximate surface area is 78.7 Å². The summed E-state index contributed by atoms with van der Waals surface area (Å²) in [6.45, 7) is 4.00. The van der Waals surface area contributed by atoms with Crippen LogP contribution in [0.3, 0.4) is 0 Å². The fraction of sp³-hybridized carbons (Fsp3) is 0.800. The molecule has 72 valence electrons. The van der Waals surface area contributed by atoms with Gasteiger partial charge >= 0.3 is 5.97 Å². The first kappa shape index (κ1) is 10.0. The van der Waals surface area contributed by atoms with E-state index < -0.39 is 5.41 Å². The monoisotopic (exact) mass is 181 g/mol. The van der Waals surface area contributed by atoms with E-state index in [-0.39, 0.29) is 11.9 Å². The quantitative estimate of drug-likeness (QED) is 0.622. The molecule has 1 saturated carbocycles. The minimum Gasteiger partial charge on any atom is -0.465 e. The lowest BCUT2D eigenvalue weighted by Gasteiger charge is -2.21. The molecule has 0 N–H and O–H groups in total. The van der Waals surface area contributed by atoms with Crippen molar-refractivity contribution in [3.63, 3.8) is 0 Å². The van der Waals surface area contributed by atoms with Gasteiger partial charge in [0.1, 0.15) is 0 Å². The van der Waals surface area contributed by atoms with Crippen LogP contribution in [0.2, 0.25) is 0 Å². The second kappa shape index (κ2) is 3.78. The van der Waals surface area contributed by atoms with Crippen molar-refractivity contribution in [1.82, 2.24) is 0 Å². The Morgan fingerprint density at radius 2 is 2.23 bits per heavy atom. The first-order valence-electron chi connectivity index (χ1n) is 4.79. The third-order valence-electron chi connectivity index (χ3n) is 2.67. The van der Waals surface area contributed by atoms with Crippen molar-refractivity contribution in [1.29, 1.82) is 5.26 Å². The number of ether oxygens (including phenoxy) is 1. The SMILES string of the molecule is CCOC(=O)C(C#N)(CC)C1CC1. The summed E-state index contributed by atoms with van der Waals surface area (Å²) in [5, 5.41) is 9.03. The summed E-state index contributed by atoms with van der Waals surface area (Å²) >= 11 is 0. The number of rotatable bonds is 4. The van der Waals surface area contributed by atoms with Gasteiger partial charge in [0.2, 0.25) is 0 Å². The fourth-order valence-electron chi connectivity index (χ4n) is 1.65. The topological polar surface area (TPSA) is 50.1 Å². The van der Waals surface area contributed by atoms with Crippen LogP contribution in [-0.4, -0.2) is 12.6 Å². The molecule has 13 heavy (non-hydrogen) atoms. The molecule has 0 saturated heterocycles. The maximum absolute atomic E-state index is 11.6. The Kier molecular flexibility index (Phi) is 2.92. The van der Waals surface area contributed by atoms with Gasteiger partial charge in [0.05, 0.1) is 12.7 Å². The third-order valence-corrected chi connectivity index (χ3v) is 2.67. The molecule has 1 atom stereocenters. The maximum Gasteiger partial charge on any atom is 0.326 e. The van der Waals surface area contributed by atoms with Crippen LogP contribution < -0.4 is 0 Å². The van der Waals surface area contributed by atoms with Crippen molar-refractivity contribution in [2.75, 3.05) is 6.61 Å². The van der Waals surface area contributed by atoms with Crippen molar-refractivity contribution >= 4 is 5.97 Å². The molecule has 0 spiro atoms. The number of carbonyl (C=O) groups excluding carboxylic acids is 1. The summed E-state index contributed by atoms with van der Waals surface area (Å²) in [5.74, 6) is -0.0935. The van der Waals surface area contributed by atoms with Gasteiger partial charge in [-0.15, -0.1) is 0 Å². The van der Waals surface area contributed by atoms with Gasteiger partial charge in [-0.2, -0.15) is 5.26 Å². The number of carbonyl (C=O) groups is 1. The summed E-state index contributed by atoms with van der Waals surface area (Å²) in [6.07, 6.45) is 2.54. The fourth-order valence-corrected chi connectivity index (χ4v) is 1.65. The molecule has 1 rings (SSSR count). The van der Waals surface area contributed by atoms with Gasteiger partial charge in [0, 0.05) is 0 Å². The van der Waals surface area contributed by atoms with Crippen LogP contribution in [0.4, 0.5) is 0 Å². The van der Waals surface area contributed by atoms with Gasteiger partial charge in [-0.1, -0.05) is 6.92 Å². The third kappa shape index (κ3) is 1.67. The van der Waals surface area contributed by atoms with E-state index in [1.54, 1.807) is 6.92 Å². The standard InChI is InChI=1S/C10H15NO2/c1-3-10(7-11,8-5-6-8)9(12)13-4-2/h8H,3-6H2,1-2H3. The van der Waals surface area contributed by atoms with Crippen molar-refractivity contribution < 1.29 is 9.53 Å². The van der Waals surface area contributed by atoms with Crippen molar-refractivity contribution in [2.24, 2.45) is 11.3 Å². The summed E-state index contributed by atoms with van der Waals surface area (Å²) in [6, 6.07) is 2.14. The molecule has 0 aromatic heterocycles. The van der Waals surface area contributed by atoms with E-state index in [0.29, 0.717) is 13.0 Å². The average Bonchev–Trinajstić information content (AvgIpc) is 2.92. The molecule has 0 amide bonds. The van der Waals surface area contributed by atoms with Gasteiger partial charge in [0.25, 0.3) is 0 Å². The summed E-state index contributed by atoms with van der Waals surface area (Å²) in [5.41, 5.74) is -0.851. The van der Waals surface area contributed by atoms with Crippen LogP contribution in [0.15, 0.2) is 0 Å². The van der Waals surface area contributed by atoms with Gasteiger partial charge < -0.3 is 4.74 Å². The van der Waals surface area contributed by atoms with Crippen LogP contribution in [0.1, 0.15) is 33.1 Å². The average molecular weight is 181 g/mol.